The Balaban J connectivity index is 1.69. The quantitative estimate of drug-likeness (QED) is 0.655. The van der Waals surface area contributed by atoms with Crippen LogP contribution in [0.3, 0.4) is 0 Å². The van der Waals surface area contributed by atoms with Gasteiger partial charge in [-0.05, 0) is 36.1 Å². The van der Waals surface area contributed by atoms with Gasteiger partial charge in [-0.1, -0.05) is 12.1 Å². The second-order valence-electron chi connectivity index (χ2n) is 5.70. The largest absolute Gasteiger partial charge is 0.347 e. The Morgan fingerprint density at radius 3 is 2.77 bits per heavy atom. The molecule has 3 aromatic rings. The number of thiophene rings is 1. The lowest BCUT2D eigenvalue weighted by Crippen LogP contribution is -2.22. The smallest absolute Gasteiger partial charge is 0.263 e. The minimum Gasteiger partial charge on any atom is -0.347 e. The van der Waals surface area contributed by atoms with Crippen molar-refractivity contribution >= 4 is 44.3 Å². The van der Waals surface area contributed by atoms with Gasteiger partial charge in [0.15, 0.2) is 0 Å². The first kappa shape index (κ1) is 18.6. The summed E-state index contributed by atoms with van der Waals surface area (Å²) in [7, 11) is -3.34. The van der Waals surface area contributed by atoms with E-state index in [0.717, 1.165) is 22.4 Å². The Labute approximate surface area is 160 Å². The SMILES string of the molecule is Cc1nc(-c2ccsc2)sc1C(=O)NCc1cccc(NS(C)(=O)=O)c1. The van der Waals surface area contributed by atoms with Gasteiger partial charge in [-0.15, -0.1) is 11.3 Å². The van der Waals surface area contributed by atoms with Gasteiger partial charge in [-0.25, -0.2) is 13.4 Å². The summed E-state index contributed by atoms with van der Waals surface area (Å²) in [6, 6.07) is 8.89. The highest BCUT2D eigenvalue weighted by atomic mass is 32.2. The maximum absolute atomic E-state index is 12.5. The third-order valence-corrected chi connectivity index (χ3v) is 5.95. The number of aromatic nitrogens is 1. The van der Waals surface area contributed by atoms with Gasteiger partial charge in [0.25, 0.3) is 5.91 Å². The molecule has 2 aromatic heterocycles. The van der Waals surface area contributed by atoms with Gasteiger partial charge in [0.1, 0.15) is 9.88 Å². The second kappa shape index (κ2) is 7.56. The summed E-state index contributed by atoms with van der Waals surface area (Å²) >= 11 is 2.95. The van der Waals surface area contributed by atoms with E-state index in [1.807, 2.05) is 29.8 Å². The average Bonchev–Trinajstić information content (AvgIpc) is 3.20. The van der Waals surface area contributed by atoms with Crippen molar-refractivity contribution in [3.05, 3.63) is 57.2 Å². The molecule has 1 amide bonds. The molecule has 0 radical (unpaired) electrons. The average molecular weight is 408 g/mol. The summed E-state index contributed by atoms with van der Waals surface area (Å²) in [5.74, 6) is -0.192. The first-order chi connectivity index (χ1) is 12.3. The molecule has 136 valence electrons. The number of hydrogen-bond acceptors (Lipinski definition) is 6. The van der Waals surface area contributed by atoms with E-state index in [1.54, 1.807) is 29.5 Å². The summed E-state index contributed by atoms with van der Waals surface area (Å²) in [4.78, 5) is 17.5. The number of sulfonamides is 1. The van der Waals surface area contributed by atoms with E-state index in [0.29, 0.717) is 22.8 Å². The van der Waals surface area contributed by atoms with Crippen molar-refractivity contribution in [1.29, 1.82) is 0 Å². The molecule has 0 spiro atoms. The molecular weight excluding hydrogens is 390 g/mol. The Bertz CT molecular complexity index is 1020. The molecule has 0 aliphatic heterocycles. The van der Waals surface area contributed by atoms with Crippen LogP contribution in [0.2, 0.25) is 0 Å². The minimum absolute atomic E-state index is 0.192. The van der Waals surface area contributed by atoms with Crippen LogP contribution in [0.5, 0.6) is 0 Å². The zero-order valence-corrected chi connectivity index (χ0v) is 16.6. The van der Waals surface area contributed by atoms with Crippen molar-refractivity contribution in [3.8, 4) is 10.6 Å². The first-order valence-corrected chi connectivity index (χ1v) is 11.3. The fourth-order valence-electron chi connectivity index (χ4n) is 2.34. The molecule has 0 fully saturated rings. The van der Waals surface area contributed by atoms with Crippen LogP contribution < -0.4 is 10.0 Å². The molecule has 0 aliphatic carbocycles. The van der Waals surface area contributed by atoms with E-state index < -0.39 is 10.0 Å². The maximum atomic E-state index is 12.5. The number of thiazole rings is 1. The molecule has 2 N–H and O–H groups in total. The molecule has 9 heteroatoms. The fourth-order valence-corrected chi connectivity index (χ4v) is 4.59. The lowest BCUT2D eigenvalue weighted by molar-refractivity contribution is 0.0954. The van der Waals surface area contributed by atoms with Crippen LogP contribution in [0.25, 0.3) is 10.6 Å². The van der Waals surface area contributed by atoms with Crippen LogP contribution in [-0.4, -0.2) is 25.6 Å². The second-order valence-corrected chi connectivity index (χ2v) is 9.23. The van der Waals surface area contributed by atoms with Crippen LogP contribution in [-0.2, 0) is 16.6 Å². The Hall–Kier alpha value is -2.23. The Kier molecular flexibility index (Phi) is 5.40. The number of nitrogens with zero attached hydrogens (tertiary/aromatic N) is 1. The molecular formula is C17H17N3O3S3. The molecule has 0 saturated carbocycles. The van der Waals surface area contributed by atoms with Gasteiger partial charge in [0, 0.05) is 23.2 Å². The predicted molar refractivity (Wildman–Crippen MR) is 106 cm³/mol. The van der Waals surface area contributed by atoms with Gasteiger partial charge in [-0.3, -0.25) is 9.52 Å². The number of nitrogens with one attached hydrogen (secondary N) is 2. The van der Waals surface area contributed by atoms with E-state index in [4.69, 9.17) is 0 Å². The van der Waals surface area contributed by atoms with Crippen LogP contribution in [0.4, 0.5) is 5.69 Å². The van der Waals surface area contributed by atoms with Crippen LogP contribution in [0.1, 0.15) is 20.9 Å². The molecule has 0 bridgehead atoms. The van der Waals surface area contributed by atoms with Crippen molar-refractivity contribution < 1.29 is 13.2 Å². The number of carbonyl (C=O) groups excluding carboxylic acids is 1. The van der Waals surface area contributed by atoms with Crippen molar-refractivity contribution in [2.75, 3.05) is 11.0 Å². The van der Waals surface area contributed by atoms with E-state index >= 15 is 0 Å². The highest BCUT2D eigenvalue weighted by molar-refractivity contribution is 7.92. The van der Waals surface area contributed by atoms with Gasteiger partial charge in [0.2, 0.25) is 10.0 Å². The van der Waals surface area contributed by atoms with Gasteiger partial charge < -0.3 is 5.32 Å². The summed E-state index contributed by atoms with van der Waals surface area (Å²) in [6.07, 6.45) is 1.10. The normalized spacial score (nSPS) is 11.3. The number of anilines is 1. The topological polar surface area (TPSA) is 88.2 Å². The van der Waals surface area contributed by atoms with Crippen molar-refractivity contribution in [2.24, 2.45) is 0 Å². The molecule has 0 saturated heterocycles. The molecule has 1 aromatic carbocycles. The third-order valence-electron chi connectivity index (χ3n) is 3.45. The number of carbonyl (C=O) groups is 1. The minimum atomic E-state index is -3.34. The summed E-state index contributed by atoms with van der Waals surface area (Å²) in [5.41, 5.74) is 2.98. The summed E-state index contributed by atoms with van der Waals surface area (Å²) < 4.78 is 25.1. The van der Waals surface area contributed by atoms with Crippen molar-refractivity contribution in [3.63, 3.8) is 0 Å². The highest BCUT2D eigenvalue weighted by Gasteiger charge is 2.16. The highest BCUT2D eigenvalue weighted by Crippen LogP contribution is 2.29. The number of hydrogen-bond donors (Lipinski definition) is 2. The van der Waals surface area contributed by atoms with Crippen molar-refractivity contribution in [1.82, 2.24) is 10.3 Å². The fraction of sp³-hybridized carbons (Fsp3) is 0.176. The van der Waals surface area contributed by atoms with Crippen LogP contribution in [0.15, 0.2) is 41.1 Å². The molecule has 26 heavy (non-hydrogen) atoms. The Morgan fingerprint density at radius 2 is 2.08 bits per heavy atom. The first-order valence-electron chi connectivity index (χ1n) is 7.67. The maximum Gasteiger partial charge on any atom is 0.263 e. The number of amides is 1. The van der Waals surface area contributed by atoms with Gasteiger partial charge >= 0.3 is 0 Å². The van der Waals surface area contributed by atoms with Crippen LogP contribution >= 0.6 is 22.7 Å². The monoisotopic (exact) mass is 407 g/mol. The number of benzene rings is 1. The molecule has 6 nitrogen and oxygen atoms in total. The molecule has 0 atom stereocenters. The summed E-state index contributed by atoms with van der Waals surface area (Å²) in [5, 5.41) is 7.66. The predicted octanol–water partition coefficient (Wildman–Crippen LogP) is 3.48. The zero-order chi connectivity index (χ0) is 18.7. The Morgan fingerprint density at radius 1 is 1.27 bits per heavy atom. The molecule has 0 aliphatic rings. The summed E-state index contributed by atoms with van der Waals surface area (Å²) in [6.45, 7) is 2.11. The van der Waals surface area contributed by atoms with Gasteiger partial charge in [0.05, 0.1) is 11.9 Å². The molecule has 2 heterocycles. The molecule has 3 rings (SSSR count). The van der Waals surface area contributed by atoms with E-state index in [-0.39, 0.29) is 5.91 Å². The van der Waals surface area contributed by atoms with E-state index in [1.165, 1.54) is 11.3 Å². The van der Waals surface area contributed by atoms with E-state index in [9.17, 15) is 13.2 Å². The third kappa shape index (κ3) is 4.69. The lowest BCUT2D eigenvalue weighted by atomic mass is 10.2. The lowest BCUT2D eigenvalue weighted by Gasteiger charge is -2.08. The standard InChI is InChI=1S/C17H17N3O3S3/c1-11-15(25-17(19-11)13-6-7-24-10-13)16(21)18-9-12-4-3-5-14(8-12)20-26(2,22)23/h3-8,10,20H,9H2,1-2H3,(H,18,21). The molecule has 0 unspecified atom stereocenters. The van der Waals surface area contributed by atoms with E-state index in [2.05, 4.69) is 15.0 Å². The van der Waals surface area contributed by atoms with Crippen LogP contribution in [0, 0.1) is 6.92 Å². The zero-order valence-electron chi connectivity index (χ0n) is 14.1. The number of rotatable bonds is 6. The number of aryl methyl sites for hydroxylation is 1. The van der Waals surface area contributed by atoms with Crippen molar-refractivity contribution in [2.45, 2.75) is 13.5 Å². The van der Waals surface area contributed by atoms with Gasteiger partial charge in [-0.2, -0.15) is 11.3 Å².